The average molecular weight is 498 g/mol. The first-order valence-electron chi connectivity index (χ1n) is 13.1. The summed E-state index contributed by atoms with van der Waals surface area (Å²) in [5, 5.41) is 14.4. The van der Waals surface area contributed by atoms with Crippen LogP contribution in [0.25, 0.3) is 0 Å². The zero-order chi connectivity index (χ0) is 25.5. The number of carbonyl (C=O) groups is 1. The van der Waals surface area contributed by atoms with Gasteiger partial charge in [0.2, 0.25) is 5.79 Å². The van der Waals surface area contributed by atoms with Crippen LogP contribution in [0.2, 0.25) is 0 Å². The number of benzene rings is 2. The van der Waals surface area contributed by atoms with E-state index in [4.69, 9.17) is 18.9 Å². The largest absolute Gasteiger partial charge is 0.494 e. The molecule has 2 aliphatic rings. The highest BCUT2D eigenvalue weighted by Crippen LogP contribution is 2.33. The molecule has 0 radical (unpaired) electrons. The molecule has 0 saturated carbocycles. The molecule has 1 aliphatic carbocycles. The van der Waals surface area contributed by atoms with E-state index >= 15 is 0 Å². The van der Waals surface area contributed by atoms with Gasteiger partial charge in [-0.3, -0.25) is 4.79 Å². The SMILES string of the molecule is CCOC(=O)CCCCOc1ccc2c(c1)C[C@@H](NC[C@@H](O)c1ccc3c(c1)COC(C)(C)O3)CC2. The predicted molar refractivity (Wildman–Crippen MR) is 137 cm³/mol. The maximum Gasteiger partial charge on any atom is 0.305 e. The summed E-state index contributed by atoms with van der Waals surface area (Å²) in [5.74, 6) is 0.915. The number of hydrogen-bond donors (Lipinski definition) is 2. The topological polar surface area (TPSA) is 86.3 Å². The summed E-state index contributed by atoms with van der Waals surface area (Å²) in [6.45, 7) is 7.59. The van der Waals surface area contributed by atoms with Crippen molar-refractivity contribution in [2.24, 2.45) is 0 Å². The minimum atomic E-state index is -0.624. The van der Waals surface area contributed by atoms with Crippen LogP contribution in [0.4, 0.5) is 0 Å². The van der Waals surface area contributed by atoms with Crippen LogP contribution in [0.3, 0.4) is 0 Å². The number of aryl methyl sites for hydroxylation is 1. The normalized spacial score (nSPS) is 18.9. The van der Waals surface area contributed by atoms with E-state index in [0.717, 1.165) is 54.7 Å². The summed E-state index contributed by atoms with van der Waals surface area (Å²) in [5.41, 5.74) is 4.48. The summed E-state index contributed by atoms with van der Waals surface area (Å²) in [6, 6.07) is 12.5. The van der Waals surface area contributed by atoms with Crippen molar-refractivity contribution < 1.29 is 28.8 Å². The second-order valence-corrected chi connectivity index (χ2v) is 10.1. The van der Waals surface area contributed by atoms with Crippen molar-refractivity contribution in [2.45, 2.75) is 83.8 Å². The van der Waals surface area contributed by atoms with Crippen molar-refractivity contribution in [2.75, 3.05) is 19.8 Å². The van der Waals surface area contributed by atoms with E-state index in [1.165, 1.54) is 11.1 Å². The molecule has 0 spiro atoms. The van der Waals surface area contributed by atoms with Crippen molar-refractivity contribution in [1.29, 1.82) is 0 Å². The van der Waals surface area contributed by atoms with Gasteiger partial charge in [0.15, 0.2) is 0 Å². The number of unbranched alkanes of at least 4 members (excludes halogenated alkanes) is 1. The van der Waals surface area contributed by atoms with Gasteiger partial charge in [-0.15, -0.1) is 0 Å². The van der Waals surface area contributed by atoms with Crippen LogP contribution in [-0.2, 0) is 33.7 Å². The molecule has 2 N–H and O–H groups in total. The molecule has 0 bridgehead atoms. The lowest BCUT2D eigenvalue weighted by Crippen LogP contribution is -2.37. The van der Waals surface area contributed by atoms with Gasteiger partial charge in [-0.25, -0.2) is 0 Å². The first-order valence-corrected chi connectivity index (χ1v) is 13.1. The van der Waals surface area contributed by atoms with Gasteiger partial charge in [0.05, 0.1) is 25.9 Å². The first kappa shape index (κ1) is 26.5. The summed E-state index contributed by atoms with van der Waals surface area (Å²) in [6.07, 6.45) is 4.36. The van der Waals surface area contributed by atoms with Crippen LogP contribution < -0.4 is 14.8 Å². The van der Waals surface area contributed by atoms with Gasteiger partial charge >= 0.3 is 5.97 Å². The van der Waals surface area contributed by atoms with Gasteiger partial charge < -0.3 is 29.4 Å². The fraction of sp³-hybridized carbons (Fsp3) is 0.552. The van der Waals surface area contributed by atoms with E-state index in [1.807, 2.05) is 45.0 Å². The second kappa shape index (κ2) is 12.1. The van der Waals surface area contributed by atoms with Crippen LogP contribution >= 0.6 is 0 Å². The third-order valence-corrected chi connectivity index (χ3v) is 6.76. The Morgan fingerprint density at radius 2 is 2.03 bits per heavy atom. The minimum Gasteiger partial charge on any atom is -0.494 e. The van der Waals surface area contributed by atoms with Gasteiger partial charge in [-0.1, -0.05) is 12.1 Å². The molecular formula is C29H39NO6. The van der Waals surface area contributed by atoms with E-state index in [-0.39, 0.29) is 5.97 Å². The number of hydrogen-bond acceptors (Lipinski definition) is 7. The summed E-state index contributed by atoms with van der Waals surface area (Å²) < 4.78 is 22.5. The maximum absolute atomic E-state index is 11.4. The number of aliphatic hydroxyl groups is 1. The zero-order valence-electron chi connectivity index (χ0n) is 21.7. The Labute approximate surface area is 214 Å². The lowest BCUT2D eigenvalue weighted by molar-refractivity contribution is -0.180. The van der Waals surface area contributed by atoms with Crippen LogP contribution in [-0.4, -0.2) is 42.7 Å². The van der Waals surface area contributed by atoms with E-state index in [1.54, 1.807) is 0 Å². The maximum atomic E-state index is 11.4. The molecule has 0 amide bonds. The summed E-state index contributed by atoms with van der Waals surface area (Å²) in [4.78, 5) is 11.4. The highest BCUT2D eigenvalue weighted by Gasteiger charge is 2.28. The Balaban J connectivity index is 1.24. The number of nitrogens with one attached hydrogen (secondary N) is 1. The monoisotopic (exact) mass is 497 g/mol. The molecule has 2 atom stereocenters. The van der Waals surface area contributed by atoms with Crippen LogP contribution in [0, 0.1) is 0 Å². The molecule has 36 heavy (non-hydrogen) atoms. The Hall–Kier alpha value is -2.61. The third-order valence-electron chi connectivity index (χ3n) is 6.76. The molecule has 2 aromatic carbocycles. The Morgan fingerprint density at radius 1 is 1.17 bits per heavy atom. The Bertz CT molecular complexity index is 1040. The van der Waals surface area contributed by atoms with Crippen molar-refractivity contribution in [3.8, 4) is 11.5 Å². The smallest absolute Gasteiger partial charge is 0.305 e. The second-order valence-electron chi connectivity index (χ2n) is 10.1. The standard InChI is InChI=1S/C29H39NO6/c1-4-33-28(32)7-5-6-14-34-25-12-9-20-8-11-24(16-22(20)17-25)30-18-26(31)21-10-13-27-23(15-21)19-35-29(2,3)36-27/h9-10,12-13,15,17,24,26,30-31H,4-8,11,14,16,18-19H2,1-3H3/t24-,26+/m0/s1. The van der Waals surface area contributed by atoms with Crippen molar-refractivity contribution in [3.05, 3.63) is 58.7 Å². The molecule has 196 valence electrons. The van der Waals surface area contributed by atoms with Gasteiger partial charge in [0.25, 0.3) is 0 Å². The Morgan fingerprint density at radius 3 is 2.86 bits per heavy atom. The van der Waals surface area contributed by atoms with E-state index in [0.29, 0.717) is 38.8 Å². The molecule has 0 unspecified atom stereocenters. The number of esters is 1. The van der Waals surface area contributed by atoms with Gasteiger partial charge in [-0.05, 0) is 80.0 Å². The summed E-state index contributed by atoms with van der Waals surface area (Å²) in [7, 11) is 0. The summed E-state index contributed by atoms with van der Waals surface area (Å²) >= 11 is 0. The van der Waals surface area contributed by atoms with Crippen LogP contribution in [0.5, 0.6) is 11.5 Å². The quantitative estimate of drug-likeness (QED) is 0.346. The number of carbonyl (C=O) groups excluding carboxylic acids is 1. The zero-order valence-corrected chi connectivity index (χ0v) is 21.7. The number of aliphatic hydroxyl groups excluding tert-OH is 1. The average Bonchev–Trinajstić information content (AvgIpc) is 2.86. The molecular weight excluding hydrogens is 458 g/mol. The van der Waals surface area contributed by atoms with Crippen molar-refractivity contribution >= 4 is 5.97 Å². The molecule has 7 nitrogen and oxygen atoms in total. The van der Waals surface area contributed by atoms with E-state index < -0.39 is 11.9 Å². The number of rotatable bonds is 11. The van der Waals surface area contributed by atoms with E-state index in [2.05, 4.69) is 17.4 Å². The highest BCUT2D eigenvalue weighted by atomic mass is 16.7. The number of ether oxygens (including phenoxy) is 4. The van der Waals surface area contributed by atoms with E-state index in [9.17, 15) is 9.90 Å². The molecule has 0 saturated heterocycles. The molecule has 0 aromatic heterocycles. The van der Waals surface area contributed by atoms with Gasteiger partial charge in [0.1, 0.15) is 11.5 Å². The minimum absolute atomic E-state index is 0.145. The fourth-order valence-electron chi connectivity index (χ4n) is 4.75. The Kier molecular flexibility index (Phi) is 8.88. The molecule has 1 aliphatic heterocycles. The van der Waals surface area contributed by atoms with Crippen LogP contribution in [0.15, 0.2) is 36.4 Å². The van der Waals surface area contributed by atoms with Crippen molar-refractivity contribution in [3.63, 3.8) is 0 Å². The van der Waals surface area contributed by atoms with Crippen LogP contribution in [0.1, 0.15) is 74.8 Å². The highest BCUT2D eigenvalue weighted by molar-refractivity contribution is 5.69. The first-order chi connectivity index (χ1) is 17.3. The number of fused-ring (bicyclic) bond motifs is 2. The lowest BCUT2D eigenvalue weighted by atomic mass is 9.88. The predicted octanol–water partition coefficient (Wildman–Crippen LogP) is 4.62. The molecule has 0 fully saturated rings. The van der Waals surface area contributed by atoms with Gasteiger partial charge in [0, 0.05) is 38.4 Å². The molecule has 7 heteroatoms. The molecule has 4 rings (SSSR count). The lowest BCUT2D eigenvalue weighted by Gasteiger charge is -2.33. The van der Waals surface area contributed by atoms with Gasteiger partial charge in [-0.2, -0.15) is 0 Å². The molecule has 1 heterocycles. The van der Waals surface area contributed by atoms with Crippen molar-refractivity contribution in [1.82, 2.24) is 5.32 Å². The fourth-order valence-corrected chi connectivity index (χ4v) is 4.75. The third kappa shape index (κ3) is 7.21. The molecule has 2 aromatic rings.